The van der Waals surface area contributed by atoms with Gasteiger partial charge in [-0.2, -0.15) is 0 Å². The molecule has 15 heavy (non-hydrogen) atoms. The van der Waals surface area contributed by atoms with E-state index in [2.05, 4.69) is 36.4 Å². The predicted octanol–water partition coefficient (Wildman–Crippen LogP) is 3.44. The third-order valence-electron chi connectivity index (χ3n) is 1.96. The van der Waals surface area contributed by atoms with Crippen molar-refractivity contribution in [2.45, 2.75) is 20.3 Å². The molecule has 0 aliphatic carbocycles. The summed E-state index contributed by atoms with van der Waals surface area (Å²) in [6.45, 7) is 4.12. The summed E-state index contributed by atoms with van der Waals surface area (Å²) in [4.78, 5) is 11.6. The molecule has 0 fully saturated rings. The van der Waals surface area contributed by atoms with Gasteiger partial charge in [-0.1, -0.05) is 54.6 Å². The van der Waals surface area contributed by atoms with Crippen molar-refractivity contribution in [2.24, 2.45) is 5.41 Å². The van der Waals surface area contributed by atoms with Crippen molar-refractivity contribution in [3.8, 4) is 5.75 Å². The van der Waals surface area contributed by atoms with Gasteiger partial charge in [0, 0.05) is 4.43 Å². The molecule has 0 saturated heterocycles. The molecule has 0 radical (unpaired) electrons. The van der Waals surface area contributed by atoms with Crippen LogP contribution in [-0.4, -0.2) is 10.4 Å². The standard InChI is InChI=1S/C12H15IO2/c1-12(2,9-13)8-11(14)15-10-6-4-3-5-7-10/h3-7H,8-9H2,1-2H3. The van der Waals surface area contributed by atoms with Gasteiger partial charge in [0.25, 0.3) is 0 Å². The molecule has 3 heteroatoms. The summed E-state index contributed by atoms with van der Waals surface area (Å²) in [5.74, 6) is 0.453. The third-order valence-corrected chi connectivity index (χ3v) is 4.02. The van der Waals surface area contributed by atoms with Crippen LogP contribution in [0.3, 0.4) is 0 Å². The Hall–Kier alpha value is -0.580. The molecule has 1 aromatic rings. The first-order valence-corrected chi connectivity index (χ1v) is 6.38. The lowest BCUT2D eigenvalue weighted by Gasteiger charge is -2.19. The SMILES string of the molecule is CC(C)(CI)CC(=O)Oc1ccccc1. The van der Waals surface area contributed by atoms with E-state index in [0.29, 0.717) is 12.2 Å². The molecule has 0 atom stereocenters. The maximum atomic E-state index is 11.6. The number of ether oxygens (including phenoxy) is 1. The zero-order valence-electron chi connectivity index (χ0n) is 9.00. The van der Waals surface area contributed by atoms with Crippen LogP contribution >= 0.6 is 22.6 Å². The van der Waals surface area contributed by atoms with E-state index in [1.807, 2.05) is 18.2 Å². The van der Waals surface area contributed by atoms with Gasteiger partial charge >= 0.3 is 5.97 Å². The number of halogens is 1. The second-order valence-corrected chi connectivity index (χ2v) is 5.02. The third kappa shape index (κ3) is 4.64. The Kier molecular flexibility index (Phi) is 4.57. The van der Waals surface area contributed by atoms with Crippen LogP contribution in [0.4, 0.5) is 0 Å². The van der Waals surface area contributed by atoms with Crippen LogP contribution in [-0.2, 0) is 4.79 Å². The highest BCUT2D eigenvalue weighted by molar-refractivity contribution is 14.1. The zero-order chi connectivity index (χ0) is 11.3. The Morgan fingerprint density at radius 1 is 1.33 bits per heavy atom. The minimum Gasteiger partial charge on any atom is -0.427 e. The summed E-state index contributed by atoms with van der Waals surface area (Å²) in [5, 5.41) is 0. The van der Waals surface area contributed by atoms with E-state index in [0.717, 1.165) is 4.43 Å². The number of benzene rings is 1. The molecule has 0 spiro atoms. The van der Waals surface area contributed by atoms with Crippen molar-refractivity contribution in [2.75, 3.05) is 4.43 Å². The molecule has 0 amide bonds. The maximum Gasteiger partial charge on any atom is 0.311 e. The molecular weight excluding hydrogens is 303 g/mol. The highest BCUT2D eigenvalue weighted by Gasteiger charge is 2.21. The fourth-order valence-corrected chi connectivity index (χ4v) is 1.36. The Balaban J connectivity index is 2.51. The summed E-state index contributed by atoms with van der Waals surface area (Å²) in [5.41, 5.74) is 0.00637. The Morgan fingerprint density at radius 3 is 2.47 bits per heavy atom. The van der Waals surface area contributed by atoms with Gasteiger partial charge in [0.1, 0.15) is 5.75 Å². The van der Waals surface area contributed by atoms with Crippen LogP contribution in [0.1, 0.15) is 20.3 Å². The van der Waals surface area contributed by atoms with Crippen molar-refractivity contribution in [3.63, 3.8) is 0 Å². The number of hydrogen-bond donors (Lipinski definition) is 0. The first kappa shape index (κ1) is 12.5. The Labute approximate surface area is 104 Å². The van der Waals surface area contributed by atoms with Crippen LogP contribution < -0.4 is 4.74 Å². The smallest absolute Gasteiger partial charge is 0.311 e. The van der Waals surface area contributed by atoms with E-state index in [1.54, 1.807) is 12.1 Å². The van der Waals surface area contributed by atoms with Gasteiger partial charge in [0.05, 0.1) is 6.42 Å². The number of rotatable bonds is 4. The van der Waals surface area contributed by atoms with Crippen molar-refractivity contribution in [1.82, 2.24) is 0 Å². The van der Waals surface area contributed by atoms with Gasteiger partial charge in [-0.15, -0.1) is 0 Å². The van der Waals surface area contributed by atoms with Crippen molar-refractivity contribution >= 4 is 28.6 Å². The van der Waals surface area contributed by atoms with Gasteiger partial charge in [0.15, 0.2) is 0 Å². The zero-order valence-corrected chi connectivity index (χ0v) is 11.2. The van der Waals surface area contributed by atoms with Crippen LogP contribution in [0.2, 0.25) is 0 Å². The summed E-state index contributed by atoms with van der Waals surface area (Å²) in [6.07, 6.45) is 0.449. The molecule has 82 valence electrons. The quantitative estimate of drug-likeness (QED) is 0.368. The van der Waals surface area contributed by atoms with E-state index in [9.17, 15) is 4.79 Å². The average molecular weight is 318 g/mol. The number of esters is 1. The topological polar surface area (TPSA) is 26.3 Å². The van der Waals surface area contributed by atoms with E-state index in [-0.39, 0.29) is 11.4 Å². The van der Waals surface area contributed by atoms with Gasteiger partial charge in [-0.05, 0) is 17.5 Å². The van der Waals surface area contributed by atoms with Crippen LogP contribution in [0.15, 0.2) is 30.3 Å². The maximum absolute atomic E-state index is 11.6. The van der Waals surface area contributed by atoms with Crippen molar-refractivity contribution in [1.29, 1.82) is 0 Å². The summed E-state index contributed by atoms with van der Waals surface area (Å²) in [7, 11) is 0. The van der Waals surface area contributed by atoms with Crippen LogP contribution in [0.5, 0.6) is 5.75 Å². The van der Waals surface area contributed by atoms with E-state index in [4.69, 9.17) is 4.74 Å². The van der Waals surface area contributed by atoms with Crippen molar-refractivity contribution < 1.29 is 9.53 Å². The average Bonchev–Trinajstić information content (AvgIpc) is 2.18. The monoisotopic (exact) mass is 318 g/mol. The Bertz CT molecular complexity index is 320. The van der Waals surface area contributed by atoms with E-state index < -0.39 is 0 Å². The summed E-state index contributed by atoms with van der Waals surface area (Å²) in [6, 6.07) is 9.17. The first-order chi connectivity index (χ1) is 7.03. The summed E-state index contributed by atoms with van der Waals surface area (Å²) >= 11 is 2.29. The molecule has 0 unspecified atom stereocenters. The van der Waals surface area contributed by atoms with Crippen molar-refractivity contribution in [3.05, 3.63) is 30.3 Å². The highest BCUT2D eigenvalue weighted by atomic mass is 127. The molecule has 0 heterocycles. The Morgan fingerprint density at radius 2 is 1.93 bits per heavy atom. The normalized spacial score (nSPS) is 11.1. The number of hydrogen-bond acceptors (Lipinski definition) is 2. The number of carbonyl (C=O) groups excluding carboxylic acids is 1. The molecule has 1 aromatic carbocycles. The minimum atomic E-state index is -0.164. The molecule has 0 aliphatic rings. The predicted molar refractivity (Wildman–Crippen MR) is 69.4 cm³/mol. The van der Waals surface area contributed by atoms with E-state index in [1.165, 1.54) is 0 Å². The molecule has 2 nitrogen and oxygen atoms in total. The fraction of sp³-hybridized carbons (Fsp3) is 0.417. The molecule has 0 bridgehead atoms. The number of para-hydroxylation sites is 1. The lowest BCUT2D eigenvalue weighted by molar-refractivity contribution is -0.136. The lowest BCUT2D eigenvalue weighted by Crippen LogP contribution is -2.21. The number of carbonyl (C=O) groups is 1. The summed E-state index contributed by atoms with van der Waals surface area (Å²) < 4.78 is 6.15. The van der Waals surface area contributed by atoms with Gasteiger partial charge in [-0.25, -0.2) is 0 Å². The van der Waals surface area contributed by atoms with Gasteiger partial charge in [-0.3, -0.25) is 4.79 Å². The minimum absolute atomic E-state index is 0.00637. The number of alkyl halides is 1. The highest BCUT2D eigenvalue weighted by Crippen LogP contribution is 2.24. The molecule has 1 rings (SSSR count). The first-order valence-electron chi connectivity index (χ1n) is 4.85. The second-order valence-electron chi connectivity index (χ2n) is 4.26. The second kappa shape index (κ2) is 5.49. The lowest BCUT2D eigenvalue weighted by atomic mass is 9.92. The molecule has 0 saturated carbocycles. The van der Waals surface area contributed by atoms with Crippen LogP contribution in [0.25, 0.3) is 0 Å². The molecule has 0 N–H and O–H groups in total. The van der Waals surface area contributed by atoms with Gasteiger partial charge < -0.3 is 4.74 Å². The van der Waals surface area contributed by atoms with Gasteiger partial charge in [0.2, 0.25) is 0 Å². The van der Waals surface area contributed by atoms with Crippen LogP contribution in [0, 0.1) is 5.41 Å². The molecular formula is C12H15IO2. The largest absolute Gasteiger partial charge is 0.427 e. The molecule has 0 aromatic heterocycles. The van der Waals surface area contributed by atoms with E-state index >= 15 is 0 Å². The molecule has 0 aliphatic heterocycles. The fourth-order valence-electron chi connectivity index (χ4n) is 1.09.